The van der Waals surface area contributed by atoms with Crippen LogP contribution >= 0.6 is 0 Å². The lowest BCUT2D eigenvalue weighted by Crippen LogP contribution is -2.33. The Bertz CT molecular complexity index is 1310. The van der Waals surface area contributed by atoms with Gasteiger partial charge in [-0.25, -0.2) is 28.7 Å². The molecule has 3 aromatic heterocycles. The van der Waals surface area contributed by atoms with Gasteiger partial charge in [0.2, 0.25) is 5.95 Å². The number of rotatable bonds is 11. The van der Waals surface area contributed by atoms with Crippen molar-refractivity contribution in [3.63, 3.8) is 0 Å². The molecule has 4 aromatic rings. The molecule has 0 saturated carbocycles. The third-order valence-corrected chi connectivity index (χ3v) is 5.33. The molecule has 3 heterocycles. The summed E-state index contributed by atoms with van der Waals surface area (Å²) in [5.41, 5.74) is 1.80. The van der Waals surface area contributed by atoms with Gasteiger partial charge in [0, 0.05) is 31.4 Å². The summed E-state index contributed by atoms with van der Waals surface area (Å²) in [5.74, 6) is -0.103. The third-order valence-electron chi connectivity index (χ3n) is 5.33. The standard InChI is InChI=1S/C24H26F2N8O/c1-3-27-6-7-34(8-9-35)14-16-4-5-21(28-12-16)32-24-29-13-19(26)22(33-24)17-10-18(25)23-20(11-17)30-15(2)31-23/h4-5,9-13,27H,3,6-8,14H2,1-2H3,(H,30,31)(H,28,29,32,33). The van der Waals surface area contributed by atoms with Gasteiger partial charge in [-0.05, 0) is 37.2 Å². The minimum atomic E-state index is -0.679. The Morgan fingerprint density at radius 2 is 1.97 bits per heavy atom. The summed E-state index contributed by atoms with van der Waals surface area (Å²) in [7, 11) is 0. The first-order valence-electron chi connectivity index (χ1n) is 11.2. The van der Waals surface area contributed by atoms with Crippen molar-refractivity contribution in [1.82, 2.24) is 35.1 Å². The van der Waals surface area contributed by atoms with Gasteiger partial charge in [-0.2, -0.15) is 0 Å². The maximum atomic E-state index is 14.5. The number of nitrogens with zero attached hydrogens (tertiary/aromatic N) is 5. The van der Waals surface area contributed by atoms with Crippen molar-refractivity contribution in [1.29, 1.82) is 0 Å². The highest BCUT2D eigenvalue weighted by atomic mass is 19.1. The van der Waals surface area contributed by atoms with Gasteiger partial charge < -0.3 is 20.4 Å². The fourth-order valence-corrected chi connectivity index (χ4v) is 3.68. The number of anilines is 2. The van der Waals surface area contributed by atoms with Gasteiger partial charge >= 0.3 is 0 Å². The van der Waals surface area contributed by atoms with Crippen LogP contribution in [0.2, 0.25) is 0 Å². The van der Waals surface area contributed by atoms with E-state index < -0.39 is 11.6 Å². The number of hydrogen-bond donors (Lipinski definition) is 3. The summed E-state index contributed by atoms with van der Waals surface area (Å²) in [4.78, 5) is 32.6. The minimum Gasteiger partial charge on any atom is -0.342 e. The van der Waals surface area contributed by atoms with Gasteiger partial charge in [-0.1, -0.05) is 13.0 Å². The van der Waals surface area contributed by atoms with E-state index in [1.807, 2.05) is 17.9 Å². The summed E-state index contributed by atoms with van der Waals surface area (Å²) in [5, 5.41) is 6.19. The maximum Gasteiger partial charge on any atom is 0.229 e. The Labute approximate surface area is 201 Å². The van der Waals surface area contributed by atoms with E-state index in [9.17, 15) is 13.6 Å². The van der Waals surface area contributed by atoms with Crippen molar-refractivity contribution in [2.75, 3.05) is 31.5 Å². The number of H-pyrrole nitrogens is 1. The summed E-state index contributed by atoms with van der Waals surface area (Å²) in [6.07, 6.45) is 3.61. The number of halogens is 2. The van der Waals surface area contributed by atoms with Crippen LogP contribution in [0, 0.1) is 18.6 Å². The molecule has 0 saturated heterocycles. The van der Waals surface area contributed by atoms with Crippen molar-refractivity contribution < 1.29 is 13.6 Å². The molecule has 0 aliphatic heterocycles. The molecule has 0 aliphatic rings. The average molecular weight is 481 g/mol. The van der Waals surface area contributed by atoms with Crippen LogP contribution in [0.25, 0.3) is 22.3 Å². The van der Waals surface area contributed by atoms with Gasteiger partial charge in [0.1, 0.15) is 29.1 Å². The van der Waals surface area contributed by atoms with Gasteiger partial charge in [-0.3, -0.25) is 4.90 Å². The lowest BCUT2D eigenvalue weighted by molar-refractivity contribution is -0.109. The van der Waals surface area contributed by atoms with E-state index in [0.29, 0.717) is 30.2 Å². The number of benzene rings is 1. The number of fused-ring (bicyclic) bond motifs is 1. The van der Waals surface area contributed by atoms with E-state index in [1.165, 1.54) is 6.07 Å². The Balaban J connectivity index is 1.49. The molecule has 3 N–H and O–H groups in total. The highest BCUT2D eigenvalue weighted by molar-refractivity contribution is 5.82. The molecule has 182 valence electrons. The molecule has 11 heteroatoms. The van der Waals surface area contributed by atoms with Crippen LogP contribution < -0.4 is 10.6 Å². The Morgan fingerprint density at radius 3 is 2.71 bits per heavy atom. The van der Waals surface area contributed by atoms with Crippen LogP contribution in [0.1, 0.15) is 18.3 Å². The smallest absolute Gasteiger partial charge is 0.229 e. The number of carbonyl (C=O) groups excluding carboxylic acids is 1. The monoisotopic (exact) mass is 480 g/mol. The van der Waals surface area contributed by atoms with E-state index in [0.717, 1.165) is 37.7 Å². The average Bonchev–Trinajstić information content (AvgIpc) is 3.22. The molecule has 0 spiro atoms. The summed E-state index contributed by atoms with van der Waals surface area (Å²) < 4.78 is 29.0. The second kappa shape index (κ2) is 11.1. The lowest BCUT2D eigenvalue weighted by Gasteiger charge is -2.19. The largest absolute Gasteiger partial charge is 0.342 e. The molecule has 35 heavy (non-hydrogen) atoms. The number of imidazole rings is 1. The Hall–Kier alpha value is -3.83. The van der Waals surface area contributed by atoms with Crippen molar-refractivity contribution in [3.05, 3.63) is 59.7 Å². The second-order valence-corrected chi connectivity index (χ2v) is 8.00. The minimum absolute atomic E-state index is 0.0441. The Kier molecular flexibility index (Phi) is 7.68. The first-order chi connectivity index (χ1) is 17.0. The number of likely N-dealkylation sites (N-methyl/N-ethyl adjacent to an activating group) is 1. The van der Waals surface area contributed by atoms with Crippen molar-refractivity contribution in [2.45, 2.75) is 20.4 Å². The van der Waals surface area contributed by atoms with E-state index in [2.05, 4.69) is 35.6 Å². The molecule has 4 rings (SSSR count). The normalized spacial score (nSPS) is 11.3. The molecule has 0 unspecified atom stereocenters. The Morgan fingerprint density at radius 1 is 1.11 bits per heavy atom. The summed E-state index contributed by atoms with van der Waals surface area (Å²) >= 11 is 0. The van der Waals surface area contributed by atoms with Crippen molar-refractivity contribution in [3.8, 4) is 11.3 Å². The summed E-state index contributed by atoms with van der Waals surface area (Å²) in [6.45, 7) is 7.06. The lowest BCUT2D eigenvalue weighted by atomic mass is 10.1. The maximum absolute atomic E-state index is 14.5. The third kappa shape index (κ3) is 6.00. The van der Waals surface area contributed by atoms with Gasteiger partial charge in [0.05, 0.1) is 18.3 Å². The van der Waals surface area contributed by atoms with Crippen LogP contribution in [-0.4, -0.2) is 62.3 Å². The molecular weight excluding hydrogens is 454 g/mol. The highest BCUT2D eigenvalue weighted by Gasteiger charge is 2.15. The van der Waals surface area contributed by atoms with Crippen LogP contribution in [0.5, 0.6) is 0 Å². The number of aldehydes is 1. The first kappa shape index (κ1) is 24.3. The van der Waals surface area contributed by atoms with E-state index in [4.69, 9.17) is 0 Å². The van der Waals surface area contributed by atoms with Crippen LogP contribution in [-0.2, 0) is 11.3 Å². The van der Waals surface area contributed by atoms with Crippen molar-refractivity contribution in [2.24, 2.45) is 0 Å². The fraction of sp³-hybridized carbons (Fsp3) is 0.292. The van der Waals surface area contributed by atoms with Crippen LogP contribution in [0.15, 0.2) is 36.7 Å². The number of hydrogen-bond acceptors (Lipinski definition) is 8. The number of carbonyl (C=O) groups is 1. The van der Waals surface area contributed by atoms with E-state index in [-0.39, 0.29) is 22.7 Å². The quantitative estimate of drug-likeness (QED) is 0.221. The molecule has 0 radical (unpaired) electrons. The predicted octanol–water partition coefficient (Wildman–Crippen LogP) is 3.36. The van der Waals surface area contributed by atoms with E-state index >= 15 is 0 Å². The molecule has 0 atom stereocenters. The molecule has 0 bridgehead atoms. The van der Waals surface area contributed by atoms with Crippen molar-refractivity contribution >= 4 is 29.1 Å². The molecule has 9 nitrogen and oxygen atoms in total. The predicted molar refractivity (Wildman–Crippen MR) is 129 cm³/mol. The number of pyridine rings is 1. The number of aromatic nitrogens is 5. The van der Waals surface area contributed by atoms with Crippen LogP contribution in [0.3, 0.4) is 0 Å². The zero-order valence-electron chi connectivity index (χ0n) is 19.5. The number of aromatic amines is 1. The molecule has 0 fully saturated rings. The second-order valence-electron chi connectivity index (χ2n) is 8.00. The molecule has 0 amide bonds. The highest BCUT2D eigenvalue weighted by Crippen LogP contribution is 2.27. The summed E-state index contributed by atoms with van der Waals surface area (Å²) in [6, 6.07) is 6.44. The molecule has 1 aromatic carbocycles. The number of nitrogens with one attached hydrogen (secondary N) is 3. The zero-order valence-corrected chi connectivity index (χ0v) is 19.5. The first-order valence-corrected chi connectivity index (χ1v) is 11.2. The SMILES string of the molecule is CCNCCN(CC=O)Cc1ccc(Nc2ncc(F)c(-c3cc(F)c4nc(C)[nH]c4c3)n2)nc1. The topological polar surface area (TPSA) is 112 Å². The van der Waals surface area contributed by atoms with Crippen LogP contribution in [0.4, 0.5) is 20.5 Å². The van der Waals surface area contributed by atoms with Gasteiger partial charge in [0.15, 0.2) is 11.6 Å². The number of aryl methyl sites for hydroxylation is 1. The zero-order chi connectivity index (χ0) is 24.8. The van der Waals surface area contributed by atoms with Gasteiger partial charge in [0.25, 0.3) is 0 Å². The molecular formula is C24H26F2N8O. The van der Waals surface area contributed by atoms with Gasteiger partial charge in [-0.15, -0.1) is 0 Å². The fourth-order valence-electron chi connectivity index (χ4n) is 3.68. The molecule has 0 aliphatic carbocycles. The van der Waals surface area contributed by atoms with E-state index in [1.54, 1.807) is 25.3 Å².